The first-order valence-corrected chi connectivity index (χ1v) is 7.76. The fourth-order valence-corrected chi connectivity index (χ4v) is 3.68. The molecule has 1 fully saturated rings. The minimum Gasteiger partial charge on any atom is -0.396 e. The Morgan fingerprint density at radius 2 is 2.06 bits per heavy atom. The van der Waals surface area contributed by atoms with Crippen LogP contribution in [0.25, 0.3) is 0 Å². The number of hydrogen-bond acceptors (Lipinski definition) is 7. The average Bonchev–Trinajstić information content (AvgIpc) is 2.68. The highest BCUT2D eigenvalue weighted by atomic mass is 32.2. The van der Waals surface area contributed by atoms with E-state index in [1.54, 1.807) is 11.8 Å². The summed E-state index contributed by atoms with van der Waals surface area (Å²) in [5.41, 5.74) is 9.95. The summed E-state index contributed by atoms with van der Waals surface area (Å²) >= 11 is 3.01. The topological polar surface area (TPSA) is 68.3 Å². The molecule has 0 spiro atoms. The third-order valence-corrected chi connectivity index (χ3v) is 4.94. The van der Waals surface area contributed by atoms with Gasteiger partial charge in [0.25, 0.3) is 0 Å². The first-order chi connectivity index (χ1) is 8.65. The molecule has 1 aliphatic heterocycles. The zero-order chi connectivity index (χ0) is 13.1. The van der Waals surface area contributed by atoms with Crippen molar-refractivity contribution in [3.63, 3.8) is 0 Å². The Bertz CT molecular complexity index is 457. The molecule has 0 saturated carbocycles. The van der Waals surface area contributed by atoms with Crippen LogP contribution in [0.1, 0.15) is 4.88 Å². The second kappa shape index (κ2) is 5.80. The van der Waals surface area contributed by atoms with Crippen LogP contribution >= 0.6 is 23.1 Å². The molecule has 18 heavy (non-hydrogen) atoms. The predicted molar refractivity (Wildman–Crippen MR) is 77.9 cm³/mol. The number of piperazine rings is 1. The van der Waals surface area contributed by atoms with E-state index in [2.05, 4.69) is 28.5 Å². The Hall–Kier alpha value is -0.940. The Balaban J connectivity index is 2.12. The van der Waals surface area contributed by atoms with E-state index in [9.17, 15) is 0 Å². The molecule has 0 radical (unpaired) electrons. The van der Waals surface area contributed by atoms with E-state index in [0.717, 1.165) is 36.1 Å². The summed E-state index contributed by atoms with van der Waals surface area (Å²) in [6.45, 7) is 4.05. The molecular weight excluding hydrogens is 266 g/mol. The van der Waals surface area contributed by atoms with E-state index in [4.69, 9.17) is 11.0 Å². The number of nitrogen functional groups attached to an aromatic ring is 1. The molecule has 5 nitrogen and oxygen atoms in total. The Morgan fingerprint density at radius 1 is 1.39 bits per heavy atom. The van der Waals surface area contributed by atoms with Crippen molar-refractivity contribution in [3.8, 4) is 6.07 Å². The van der Waals surface area contributed by atoms with Crippen LogP contribution in [0.2, 0.25) is 0 Å². The number of anilines is 2. The average molecular weight is 283 g/mol. The highest BCUT2D eigenvalue weighted by Gasteiger charge is 2.19. The first kappa shape index (κ1) is 13.5. The quantitative estimate of drug-likeness (QED) is 0.819. The molecule has 1 aliphatic rings. The van der Waals surface area contributed by atoms with Crippen LogP contribution < -0.4 is 11.2 Å². The minimum atomic E-state index is 0.593. The second-order valence-corrected chi connectivity index (χ2v) is 6.06. The maximum absolute atomic E-state index is 9.02. The van der Waals surface area contributed by atoms with Crippen LogP contribution in [0.5, 0.6) is 0 Å². The summed E-state index contributed by atoms with van der Waals surface area (Å²) < 4.78 is 0. The van der Waals surface area contributed by atoms with Crippen molar-refractivity contribution in [2.75, 3.05) is 50.6 Å². The Kier molecular flexibility index (Phi) is 4.35. The smallest absolute Gasteiger partial charge is 0.131 e. The molecule has 1 saturated heterocycles. The van der Waals surface area contributed by atoms with Gasteiger partial charge in [-0.05, 0) is 13.3 Å². The molecule has 0 aliphatic carbocycles. The van der Waals surface area contributed by atoms with Gasteiger partial charge in [-0.2, -0.15) is 5.26 Å². The lowest BCUT2D eigenvalue weighted by Crippen LogP contribution is -2.46. The first-order valence-electron chi connectivity index (χ1n) is 5.72. The van der Waals surface area contributed by atoms with Gasteiger partial charge in [0.15, 0.2) is 0 Å². The largest absolute Gasteiger partial charge is 0.396 e. The van der Waals surface area contributed by atoms with Gasteiger partial charge in [0.05, 0.1) is 10.6 Å². The van der Waals surface area contributed by atoms with Gasteiger partial charge in [0.1, 0.15) is 15.9 Å². The van der Waals surface area contributed by atoms with Crippen molar-refractivity contribution in [2.45, 2.75) is 4.90 Å². The summed E-state index contributed by atoms with van der Waals surface area (Å²) in [7, 11) is 2.13. The van der Waals surface area contributed by atoms with Gasteiger partial charge < -0.3 is 16.1 Å². The highest BCUT2D eigenvalue weighted by Crippen LogP contribution is 2.41. The normalized spacial score (nSPS) is 17.6. The minimum absolute atomic E-state index is 0.593. The van der Waals surface area contributed by atoms with Gasteiger partial charge in [-0.15, -0.1) is 23.1 Å². The number of nitrogens with zero attached hydrogens (tertiary/aromatic N) is 3. The Labute approximate surface area is 116 Å². The molecule has 98 valence electrons. The van der Waals surface area contributed by atoms with E-state index in [-0.39, 0.29) is 0 Å². The van der Waals surface area contributed by atoms with E-state index >= 15 is 0 Å². The third kappa shape index (κ3) is 2.72. The summed E-state index contributed by atoms with van der Waals surface area (Å²) in [5.74, 6) is 0. The monoisotopic (exact) mass is 283 g/mol. The molecule has 0 amide bonds. The van der Waals surface area contributed by atoms with Gasteiger partial charge in [-0.25, -0.2) is 5.01 Å². The van der Waals surface area contributed by atoms with Crippen LogP contribution in [0.4, 0.5) is 10.7 Å². The molecule has 0 aromatic carbocycles. The zero-order valence-electron chi connectivity index (χ0n) is 10.6. The number of rotatable bonds is 3. The van der Waals surface area contributed by atoms with E-state index in [0.29, 0.717) is 10.6 Å². The highest BCUT2D eigenvalue weighted by molar-refractivity contribution is 7.99. The van der Waals surface area contributed by atoms with Crippen LogP contribution in [0, 0.1) is 11.3 Å². The fraction of sp³-hybridized carbons (Fsp3) is 0.545. The third-order valence-electron chi connectivity index (χ3n) is 2.97. The van der Waals surface area contributed by atoms with Crippen molar-refractivity contribution in [2.24, 2.45) is 0 Å². The number of thiophene rings is 1. The van der Waals surface area contributed by atoms with Gasteiger partial charge in [0, 0.05) is 26.2 Å². The zero-order valence-corrected chi connectivity index (χ0v) is 12.2. The molecule has 2 heterocycles. The number of hydrogen-bond donors (Lipinski definition) is 2. The van der Waals surface area contributed by atoms with Gasteiger partial charge in [-0.1, -0.05) is 0 Å². The van der Waals surface area contributed by atoms with Crippen molar-refractivity contribution >= 4 is 33.8 Å². The van der Waals surface area contributed by atoms with Crippen molar-refractivity contribution in [1.29, 1.82) is 5.26 Å². The number of nitriles is 1. The van der Waals surface area contributed by atoms with Gasteiger partial charge in [0.2, 0.25) is 0 Å². The fourth-order valence-electron chi connectivity index (χ4n) is 1.85. The van der Waals surface area contributed by atoms with Crippen molar-refractivity contribution in [3.05, 3.63) is 4.88 Å². The summed E-state index contributed by atoms with van der Waals surface area (Å²) in [4.78, 5) is 3.88. The maximum Gasteiger partial charge on any atom is 0.131 e. The molecule has 3 N–H and O–H groups in total. The molecule has 2 rings (SSSR count). The number of likely N-dealkylation sites (N-methyl/N-ethyl adjacent to an activating group) is 1. The van der Waals surface area contributed by atoms with Gasteiger partial charge in [-0.3, -0.25) is 0 Å². The second-order valence-electron chi connectivity index (χ2n) is 4.22. The molecule has 0 unspecified atom stereocenters. The number of nitrogens with two attached hydrogens (primary N) is 1. The SMILES string of the molecule is CSc1c(NN2CCN(C)CC2)sc(C#N)c1N. The maximum atomic E-state index is 9.02. The summed E-state index contributed by atoms with van der Waals surface area (Å²) in [5, 5.41) is 12.2. The van der Waals surface area contributed by atoms with Crippen LogP contribution in [0.15, 0.2) is 4.90 Å². The van der Waals surface area contributed by atoms with E-state index in [1.165, 1.54) is 11.3 Å². The number of thioether (sulfide) groups is 1. The molecule has 7 heteroatoms. The van der Waals surface area contributed by atoms with E-state index in [1.807, 2.05) is 6.26 Å². The standard InChI is InChI=1S/C11H17N5S2/c1-15-3-5-16(6-4-15)14-11-10(17-2)9(13)8(7-12)18-11/h14H,3-6,13H2,1-2H3. The van der Waals surface area contributed by atoms with Crippen LogP contribution in [-0.2, 0) is 0 Å². The lowest BCUT2D eigenvalue weighted by atomic mass is 10.4. The van der Waals surface area contributed by atoms with Gasteiger partial charge >= 0.3 is 0 Å². The summed E-state index contributed by atoms with van der Waals surface area (Å²) in [6, 6.07) is 2.15. The molecule has 1 aromatic rings. The molecule has 1 aromatic heterocycles. The van der Waals surface area contributed by atoms with Crippen molar-refractivity contribution < 1.29 is 0 Å². The lowest BCUT2D eigenvalue weighted by molar-refractivity contribution is 0.179. The Morgan fingerprint density at radius 3 is 2.61 bits per heavy atom. The summed E-state index contributed by atoms with van der Waals surface area (Å²) in [6.07, 6.45) is 1.98. The van der Waals surface area contributed by atoms with Crippen LogP contribution in [0.3, 0.4) is 0 Å². The van der Waals surface area contributed by atoms with Crippen LogP contribution in [-0.4, -0.2) is 49.4 Å². The number of nitrogens with one attached hydrogen (secondary N) is 1. The number of hydrazine groups is 1. The lowest BCUT2D eigenvalue weighted by Gasteiger charge is -2.32. The molecule has 0 bridgehead atoms. The van der Waals surface area contributed by atoms with E-state index < -0.39 is 0 Å². The molecule has 0 atom stereocenters. The molecular formula is C11H17N5S2. The predicted octanol–water partition coefficient (Wildman–Crippen LogP) is 1.50. The van der Waals surface area contributed by atoms with Crippen molar-refractivity contribution in [1.82, 2.24) is 9.91 Å².